The zero-order chi connectivity index (χ0) is 10.3. The van der Waals surface area contributed by atoms with Gasteiger partial charge < -0.3 is 0 Å². The number of carbonyl (C=O) groups excluding carboxylic acids is 1. The minimum absolute atomic E-state index is 0.0405. The van der Waals surface area contributed by atoms with Gasteiger partial charge in [0.2, 0.25) is 10.0 Å². The van der Waals surface area contributed by atoms with Gasteiger partial charge in [0.25, 0.3) is 0 Å². The molecule has 0 fully saturated rings. The van der Waals surface area contributed by atoms with E-state index in [0.717, 1.165) is 0 Å². The molecular formula is C8H6ClNO3S. The van der Waals surface area contributed by atoms with Crippen LogP contribution >= 0.6 is 11.6 Å². The van der Waals surface area contributed by atoms with E-state index in [2.05, 4.69) is 4.72 Å². The zero-order valence-corrected chi connectivity index (χ0v) is 8.52. The Labute approximate surface area is 85.9 Å². The van der Waals surface area contributed by atoms with Gasteiger partial charge in [0, 0.05) is 0 Å². The lowest BCUT2D eigenvalue weighted by Gasteiger charge is -2.16. The van der Waals surface area contributed by atoms with Gasteiger partial charge in [0.1, 0.15) is 0 Å². The summed E-state index contributed by atoms with van der Waals surface area (Å²) in [5, 5.41) is 0.178. The average molecular weight is 232 g/mol. The summed E-state index contributed by atoms with van der Waals surface area (Å²) in [5.74, 6) is -0.305. The molecule has 1 aliphatic heterocycles. The van der Waals surface area contributed by atoms with Crippen LogP contribution in [0, 0.1) is 0 Å². The maximum atomic E-state index is 11.4. The van der Waals surface area contributed by atoms with E-state index in [0.29, 0.717) is 0 Å². The summed E-state index contributed by atoms with van der Waals surface area (Å²) in [6, 6.07) is 4.36. The minimum Gasteiger partial charge on any atom is -0.293 e. The number of ketones is 1. The first kappa shape index (κ1) is 9.64. The van der Waals surface area contributed by atoms with Crippen LogP contribution in [0.1, 0.15) is 10.4 Å². The second kappa shape index (κ2) is 3.05. The second-order valence-corrected chi connectivity index (χ2v) is 5.00. The minimum atomic E-state index is -3.55. The quantitative estimate of drug-likeness (QED) is 0.719. The van der Waals surface area contributed by atoms with Gasteiger partial charge in [-0.3, -0.25) is 4.79 Å². The number of hydrogen-bond acceptors (Lipinski definition) is 3. The number of halogens is 1. The Balaban J connectivity index is 2.82. The topological polar surface area (TPSA) is 63.2 Å². The number of hydrogen-bond donors (Lipinski definition) is 1. The van der Waals surface area contributed by atoms with Gasteiger partial charge in [-0.1, -0.05) is 17.7 Å². The lowest BCUT2D eigenvalue weighted by Crippen LogP contribution is -2.36. The molecule has 1 N–H and O–H groups in total. The molecule has 0 aromatic heterocycles. The van der Waals surface area contributed by atoms with Crippen molar-refractivity contribution in [2.75, 3.05) is 6.54 Å². The number of benzene rings is 1. The average Bonchev–Trinajstić information content (AvgIpc) is 2.12. The van der Waals surface area contributed by atoms with Crippen LogP contribution in [0.5, 0.6) is 0 Å². The van der Waals surface area contributed by atoms with Crippen LogP contribution in [0.25, 0.3) is 0 Å². The first-order valence-corrected chi connectivity index (χ1v) is 5.70. The van der Waals surface area contributed by atoms with Crippen LogP contribution in [-0.4, -0.2) is 20.7 Å². The molecule has 0 atom stereocenters. The van der Waals surface area contributed by atoms with E-state index in [-0.39, 0.29) is 27.8 Å². The summed E-state index contributed by atoms with van der Waals surface area (Å²) in [5.41, 5.74) is 0.0907. The summed E-state index contributed by atoms with van der Waals surface area (Å²) in [4.78, 5) is 11.3. The molecule has 2 rings (SSSR count). The molecule has 0 saturated carbocycles. The van der Waals surface area contributed by atoms with Gasteiger partial charge in [0.05, 0.1) is 22.0 Å². The largest absolute Gasteiger partial charge is 0.293 e. The molecular weight excluding hydrogens is 226 g/mol. The number of rotatable bonds is 0. The van der Waals surface area contributed by atoms with Crippen molar-refractivity contribution in [1.29, 1.82) is 0 Å². The van der Waals surface area contributed by atoms with E-state index in [1.165, 1.54) is 18.2 Å². The Hall–Kier alpha value is -0.910. The molecule has 0 saturated heterocycles. The Bertz CT molecular complexity index is 509. The van der Waals surface area contributed by atoms with E-state index in [4.69, 9.17) is 11.6 Å². The molecule has 6 heteroatoms. The molecule has 0 aliphatic carbocycles. The van der Waals surface area contributed by atoms with Crippen molar-refractivity contribution in [1.82, 2.24) is 4.72 Å². The molecule has 1 aromatic rings. The fraction of sp³-hybridized carbons (Fsp3) is 0.125. The fourth-order valence-corrected chi connectivity index (χ4v) is 2.89. The molecule has 0 bridgehead atoms. The van der Waals surface area contributed by atoms with Crippen molar-refractivity contribution >= 4 is 27.4 Å². The van der Waals surface area contributed by atoms with Gasteiger partial charge in [-0.2, -0.15) is 0 Å². The van der Waals surface area contributed by atoms with Crippen molar-refractivity contribution in [2.45, 2.75) is 4.90 Å². The summed E-state index contributed by atoms with van der Waals surface area (Å²) < 4.78 is 25.1. The van der Waals surface area contributed by atoms with Crippen molar-refractivity contribution in [3.63, 3.8) is 0 Å². The Kier molecular flexibility index (Phi) is 2.10. The summed E-state index contributed by atoms with van der Waals surface area (Å²) >= 11 is 5.75. The van der Waals surface area contributed by atoms with Crippen LogP contribution in [-0.2, 0) is 10.0 Å². The maximum absolute atomic E-state index is 11.4. The zero-order valence-electron chi connectivity index (χ0n) is 6.95. The standard InChI is InChI=1S/C8H6ClNO3S/c9-5-2-1-3-7-8(5)6(11)4-10-14(7,12)13/h1-3,10H,4H2. The smallest absolute Gasteiger partial charge is 0.241 e. The third kappa shape index (κ3) is 1.33. The van der Waals surface area contributed by atoms with Crippen molar-refractivity contribution in [3.8, 4) is 0 Å². The maximum Gasteiger partial charge on any atom is 0.241 e. The molecule has 0 unspecified atom stereocenters. The molecule has 0 radical (unpaired) electrons. The van der Waals surface area contributed by atoms with Gasteiger partial charge in [-0.25, -0.2) is 13.1 Å². The molecule has 1 heterocycles. The van der Waals surface area contributed by atoms with E-state index >= 15 is 0 Å². The van der Waals surface area contributed by atoms with Crippen molar-refractivity contribution in [2.24, 2.45) is 0 Å². The van der Waals surface area contributed by atoms with Crippen molar-refractivity contribution < 1.29 is 13.2 Å². The number of sulfonamides is 1. The number of carbonyl (C=O) groups is 1. The lowest BCUT2D eigenvalue weighted by atomic mass is 10.1. The molecule has 4 nitrogen and oxygen atoms in total. The molecule has 0 amide bonds. The van der Waals surface area contributed by atoms with Gasteiger partial charge >= 0.3 is 0 Å². The summed E-state index contributed by atoms with van der Waals surface area (Å²) in [6.45, 7) is -0.223. The van der Waals surface area contributed by atoms with Gasteiger partial charge in [0.15, 0.2) is 5.78 Å². The normalized spacial score (nSPS) is 19.1. The predicted molar refractivity (Wildman–Crippen MR) is 51.0 cm³/mol. The van der Waals surface area contributed by atoms with Gasteiger partial charge in [-0.05, 0) is 12.1 Å². The first-order valence-electron chi connectivity index (χ1n) is 3.84. The third-order valence-corrected chi connectivity index (χ3v) is 3.73. The highest BCUT2D eigenvalue weighted by molar-refractivity contribution is 7.89. The predicted octanol–water partition coefficient (Wildman–Crippen LogP) is 0.815. The number of nitrogens with one attached hydrogen (secondary N) is 1. The molecule has 1 aliphatic rings. The number of Topliss-reactive ketones (excluding diaryl/α,β-unsaturated/α-hetero) is 1. The van der Waals surface area contributed by atoms with Crippen molar-refractivity contribution in [3.05, 3.63) is 28.8 Å². The van der Waals surface area contributed by atoms with E-state index in [9.17, 15) is 13.2 Å². The second-order valence-electron chi connectivity index (χ2n) is 2.86. The SMILES string of the molecule is O=C1CNS(=O)(=O)c2cccc(Cl)c21. The summed E-state index contributed by atoms with van der Waals surface area (Å²) in [7, 11) is -3.55. The highest BCUT2D eigenvalue weighted by Gasteiger charge is 2.29. The Morgan fingerprint density at radius 1 is 1.36 bits per heavy atom. The highest BCUT2D eigenvalue weighted by Crippen LogP contribution is 2.26. The lowest BCUT2D eigenvalue weighted by molar-refractivity contribution is 0.0991. The molecule has 14 heavy (non-hydrogen) atoms. The van der Waals surface area contributed by atoms with Crippen LogP contribution in [0.4, 0.5) is 0 Å². The Morgan fingerprint density at radius 3 is 2.71 bits per heavy atom. The van der Waals surface area contributed by atoms with Crippen LogP contribution < -0.4 is 4.72 Å². The highest BCUT2D eigenvalue weighted by atomic mass is 35.5. The van der Waals surface area contributed by atoms with Gasteiger partial charge in [-0.15, -0.1) is 0 Å². The summed E-state index contributed by atoms with van der Waals surface area (Å²) in [6.07, 6.45) is 0. The Morgan fingerprint density at radius 2 is 2.07 bits per heavy atom. The first-order chi connectivity index (χ1) is 6.52. The van der Waals surface area contributed by atoms with Crippen LogP contribution in [0.15, 0.2) is 23.1 Å². The molecule has 1 aromatic carbocycles. The monoisotopic (exact) mass is 231 g/mol. The van der Waals surface area contributed by atoms with Crippen LogP contribution in [0.3, 0.4) is 0 Å². The number of fused-ring (bicyclic) bond motifs is 1. The fourth-order valence-electron chi connectivity index (χ4n) is 1.33. The third-order valence-electron chi connectivity index (χ3n) is 1.97. The van der Waals surface area contributed by atoms with E-state index < -0.39 is 10.0 Å². The van der Waals surface area contributed by atoms with E-state index in [1.54, 1.807) is 0 Å². The molecule has 74 valence electrons. The van der Waals surface area contributed by atoms with E-state index in [1.807, 2.05) is 0 Å². The molecule has 0 spiro atoms. The van der Waals surface area contributed by atoms with Crippen LogP contribution in [0.2, 0.25) is 5.02 Å².